The molecule has 0 radical (unpaired) electrons. The maximum absolute atomic E-state index is 8.07. The van der Waals surface area contributed by atoms with E-state index in [1.807, 2.05) is 0 Å². The van der Waals surface area contributed by atoms with Gasteiger partial charge in [-0.3, -0.25) is 0 Å². The summed E-state index contributed by atoms with van der Waals surface area (Å²) in [6.07, 6.45) is 2.04. The Morgan fingerprint density at radius 1 is 1.11 bits per heavy atom. The molecule has 0 amide bonds. The number of rotatable bonds is 2. The fourth-order valence-corrected chi connectivity index (χ4v) is 0.158. The van der Waals surface area contributed by atoms with Gasteiger partial charge in [0.25, 0.3) is 0 Å². The van der Waals surface area contributed by atoms with Gasteiger partial charge < -0.3 is 21.5 Å². The normalized spacial score (nSPS) is 4.67. The molecule has 0 aromatic heterocycles. The van der Waals surface area contributed by atoms with E-state index >= 15 is 0 Å². The largest absolute Gasteiger partial charge is 0.412 e. The molecule has 0 unspecified atom stereocenters. The Kier molecular flexibility index (Phi) is 145. The van der Waals surface area contributed by atoms with Gasteiger partial charge >= 0.3 is 0 Å². The van der Waals surface area contributed by atoms with Crippen LogP contribution in [0.2, 0.25) is 0 Å². The van der Waals surface area contributed by atoms with Crippen LogP contribution in [0.25, 0.3) is 0 Å². The van der Waals surface area contributed by atoms with Crippen molar-refractivity contribution < 1.29 is 43.3 Å². The number of aliphatic hydroxyl groups excluding tert-OH is 1. The first-order valence-electron chi connectivity index (χ1n) is 2.02. The van der Waals surface area contributed by atoms with Crippen LogP contribution in [0.1, 0.15) is 19.8 Å². The van der Waals surface area contributed by atoms with Crippen molar-refractivity contribution in [3.8, 4) is 0 Å². The van der Waals surface area contributed by atoms with E-state index in [0.717, 1.165) is 12.8 Å². The molecular formula is C4H16O4Ti. The quantitative estimate of drug-likeness (QED) is 0.496. The molecule has 4 nitrogen and oxygen atoms in total. The van der Waals surface area contributed by atoms with Crippen LogP contribution in [0, 0.1) is 0 Å². The van der Waals surface area contributed by atoms with Crippen molar-refractivity contribution in [2.75, 3.05) is 6.61 Å². The van der Waals surface area contributed by atoms with Gasteiger partial charge in [-0.2, -0.15) is 0 Å². The molecule has 0 heterocycles. The van der Waals surface area contributed by atoms with E-state index in [9.17, 15) is 0 Å². The van der Waals surface area contributed by atoms with Crippen LogP contribution >= 0.6 is 0 Å². The molecule has 7 N–H and O–H groups in total. The maximum atomic E-state index is 8.07. The zero-order valence-electron chi connectivity index (χ0n) is 5.57. The molecule has 0 fully saturated rings. The van der Waals surface area contributed by atoms with Gasteiger partial charge in [-0.1, -0.05) is 13.3 Å². The minimum absolute atomic E-state index is 0. The molecule has 0 aliphatic heterocycles. The third-order valence-corrected chi connectivity index (χ3v) is 0.512. The molecule has 0 saturated heterocycles. The molecule has 0 aliphatic rings. The van der Waals surface area contributed by atoms with E-state index in [2.05, 4.69) is 6.92 Å². The second-order valence-electron chi connectivity index (χ2n) is 1.08. The Hall–Kier alpha value is 0.554. The molecule has 5 heteroatoms. The Bertz CT molecular complexity index is 20.0. The zero-order chi connectivity index (χ0) is 4.12. The van der Waals surface area contributed by atoms with Crippen molar-refractivity contribution in [3.63, 3.8) is 0 Å². The number of aliphatic hydroxyl groups is 1. The Morgan fingerprint density at radius 2 is 1.44 bits per heavy atom. The first kappa shape index (κ1) is 33.7. The molecule has 0 aromatic rings. The predicted octanol–water partition coefficient (Wildman–Crippen LogP) is -1.70. The topological polar surface area (TPSA) is 115 Å². The number of hydrogen-bond donors (Lipinski definition) is 1. The first-order chi connectivity index (χ1) is 2.41. The monoisotopic (exact) mass is 176 g/mol. The van der Waals surface area contributed by atoms with Crippen LogP contribution in [0.5, 0.6) is 0 Å². The van der Waals surface area contributed by atoms with Gasteiger partial charge in [-0.05, 0) is 6.42 Å². The van der Waals surface area contributed by atoms with E-state index in [1.54, 1.807) is 0 Å². The summed E-state index contributed by atoms with van der Waals surface area (Å²) in [5, 5.41) is 8.07. The van der Waals surface area contributed by atoms with Crippen molar-refractivity contribution in [2.45, 2.75) is 19.8 Å². The van der Waals surface area contributed by atoms with Gasteiger partial charge in [0, 0.05) is 28.3 Å². The van der Waals surface area contributed by atoms with Crippen LogP contribution in [-0.2, 0) is 21.7 Å². The van der Waals surface area contributed by atoms with E-state index in [-0.39, 0.29) is 38.1 Å². The Morgan fingerprint density at radius 3 is 1.44 bits per heavy atom. The van der Waals surface area contributed by atoms with E-state index in [0.29, 0.717) is 6.61 Å². The number of unbranched alkanes of at least 4 members (excludes halogenated alkanes) is 1. The average Bonchev–Trinajstić information content (AvgIpc) is 1.41. The van der Waals surface area contributed by atoms with Gasteiger partial charge in [0.05, 0.1) is 0 Å². The van der Waals surface area contributed by atoms with Crippen LogP contribution in [0.4, 0.5) is 0 Å². The van der Waals surface area contributed by atoms with Gasteiger partial charge in [-0.25, -0.2) is 0 Å². The third kappa shape index (κ3) is 56.3. The summed E-state index contributed by atoms with van der Waals surface area (Å²) in [6, 6.07) is 0. The average molecular weight is 176 g/mol. The summed E-state index contributed by atoms with van der Waals surface area (Å²) in [4.78, 5) is 0. The molecular weight excluding hydrogens is 160 g/mol. The second-order valence-corrected chi connectivity index (χ2v) is 1.08. The molecule has 0 bridgehead atoms. The van der Waals surface area contributed by atoms with Crippen molar-refractivity contribution in [3.05, 3.63) is 0 Å². The Labute approximate surface area is 70.1 Å². The van der Waals surface area contributed by atoms with Crippen LogP contribution in [0.15, 0.2) is 0 Å². The van der Waals surface area contributed by atoms with Crippen molar-refractivity contribution in [2.24, 2.45) is 0 Å². The molecule has 0 rings (SSSR count). The minimum atomic E-state index is 0. The molecule has 0 spiro atoms. The van der Waals surface area contributed by atoms with Gasteiger partial charge in [0.1, 0.15) is 0 Å². The first-order valence-corrected chi connectivity index (χ1v) is 2.02. The minimum Gasteiger partial charge on any atom is -0.412 e. The van der Waals surface area contributed by atoms with E-state index in [1.165, 1.54) is 0 Å². The zero-order valence-corrected chi connectivity index (χ0v) is 7.13. The summed E-state index contributed by atoms with van der Waals surface area (Å²) in [7, 11) is 0. The number of hydrogen-bond acceptors (Lipinski definition) is 1. The van der Waals surface area contributed by atoms with Crippen LogP contribution < -0.4 is 0 Å². The molecule has 0 aromatic carbocycles. The Balaban J connectivity index is -0.0000000133. The molecule has 9 heavy (non-hydrogen) atoms. The summed E-state index contributed by atoms with van der Waals surface area (Å²) in [6.45, 7) is 2.40. The third-order valence-electron chi connectivity index (χ3n) is 0.512. The fourth-order valence-electron chi connectivity index (χ4n) is 0.158. The maximum Gasteiger partial charge on any atom is 0.0430 e. The smallest absolute Gasteiger partial charge is 0.0430 e. The summed E-state index contributed by atoms with van der Waals surface area (Å²) in [5.74, 6) is 0. The van der Waals surface area contributed by atoms with Gasteiger partial charge in [-0.15, -0.1) is 0 Å². The van der Waals surface area contributed by atoms with Crippen molar-refractivity contribution >= 4 is 0 Å². The summed E-state index contributed by atoms with van der Waals surface area (Å²) >= 11 is 0. The van der Waals surface area contributed by atoms with Crippen LogP contribution in [-0.4, -0.2) is 28.1 Å². The van der Waals surface area contributed by atoms with Gasteiger partial charge in [0.15, 0.2) is 0 Å². The van der Waals surface area contributed by atoms with E-state index in [4.69, 9.17) is 5.11 Å². The fraction of sp³-hybridized carbons (Fsp3) is 1.00. The summed E-state index contributed by atoms with van der Waals surface area (Å²) < 4.78 is 0. The molecule has 0 atom stereocenters. The SMILES string of the molecule is CCCCO.O.O.O.[Ti]. The van der Waals surface area contributed by atoms with Crippen LogP contribution in [0.3, 0.4) is 0 Å². The van der Waals surface area contributed by atoms with Crippen molar-refractivity contribution in [1.82, 2.24) is 0 Å². The molecule has 0 saturated carbocycles. The van der Waals surface area contributed by atoms with Crippen molar-refractivity contribution in [1.29, 1.82) is 0 Å². The van der Waals surface area contributed by atoms with Gasteiger partial charge in [0.2, 0.25) is 0 Å². The van der Waals surface area contributed by atoms with E-state index < -0.39 is 0 Å². The molecule has 0 aliphatic carbocycles. The standard InChI is InChI=1S/C4H10O.3H2O.Ti/c1-2-3-4-5;;;;/h5H,2-4H2,1H3;3*1H2;. The molecule has 60 valence electrons. The predicted molar refractivity (Wildman–Crippen MR) is 32.8 cm³/mol. The second kappa shape index (κ2) is 38.6. The summed E-state index contributed by atoms with van der Waals surface area (Å²) in [5.41, 5.74) is 0.